The van der Waals surface area contributed by atoms with E-state index in [0.29, 0.717) is 16.2 Å². The van der Waals surface area contributed by atoms with Crippen LogP contribution in [0, 0.1) is 16.2 Å². The van der Waals surface area contributed by atoms with Gasteiger partial charge in [-0.15, -0.1) is 0 Å². The van der Waals surface area contributed by atoms with Gasteiger partial charge in [-0.3, -0.25) is 4.90 Å². The smallest absolute Gasteiger partial charge is 0.0162 e. The number of hydrogen-bond acceptors (Lipinski definition) is 1. The maximum atomic E-state index is 2.82. The van der Waals surface area contributed by atoms with Crippen LogP contribution in [-0.2, 0) is 0 Å². The fraction of sp³-hybridized carbons (Fsp3) is 1.00. The average Bonchev–Trinajstić information content (AvgIpc) is 2.25. The molecule has 2 rings (SSSR count). The summed E-state index contributed by atoms with van der Waals surface area (Å²) in [5.41, 5.74) is 1.26. The molecule has 1 nitrogen and oxygen atoms in total. The SMILES string of the molecule is CC(C)(C)C1(C(C)(C)C)CCCN2CCCCC21. The van der Waals surface area contributed by atoms with E-state index in [-0.39, 0.29) is 0 Å². The minimum absolute atomic E-state index is 0.395. The molecule has 0 aromatic rings. The van der Waals surface area contributed by atoms with Crippen molar-refractivity contribution in [1.29, 1.82) is 0 Å². The molecular weight excluding hydrogens is 218 g/mol. The summed E-state index contributed by atoms with van der Waals surface area (Å²) >= 11 is 0. The molecule has 1 atom stereocenters. The van der Waals surface area contributed by atoms with Gasteiger partial charge in [-0.2, -0.15) is 0 Å². The monoisotopic (exact) mass is 251 g/mol. The van der Waals surface area contributed by atoms with Gasteiger partial charge in [0.1, 0.15) is 0 Å². The molecule has 1 heteroatoms. The zero-order chi connectivity index (χ0) is 13.6. The zero-order valence-corrected chi connectivity index (χ0v) is 13.5. The second-order valence-corrected chi connectivity index (χ2v) is 8.62. The molecular formula is C17H33N. The molecule has 2 aliphatic heterocycles. The molecule has 106 valence electrons. The molecule has 2 fully saturated rings. The largest absolute Gasteiger partial charge is 0.300 e. The second-order valence-electron chi connectivity index (χ2n) is 8.62. The van der Waals surface area contributed by atoms with Crippen LogP contribution < -0.4 is 0 Å². The van der Waals surface area contributed by atoms with Crippen molar-refractivity contribution >= 4 is 0 Å². The van der Waals surface area contributed by atoms with E-state index in [4.69, 9.17) is 0 Å². The molecule has 1 unspecified atom stereocenters. The number of rotatable bonds is 0. The van der Waals surface area contributed by atoms with Crippen LogP contribution in [-0.4, -0.2) is 24.0 Å². The summed E-state index contributed by atoms with van der Waals surface area (Å²) in [5.74, 6) is 0. The van der Waals surface area contributed by atoms with Gasteiger partial charge in [0.05, 0.1) is 0 Å². The molecule has 0 radical (unpaired) electrons. The van der Waals surface area contributed by atoms with E-state index < -0.39 is 0 Å². The Labute approximate surface area is 114 Å². The Bertz CT molecular complexity index is 276. The molecule has 0 amide bonds. The number of piperidine rings is 2. The Balaban J connectivity index is 2.44. The minimum Gasteiger partial charge on any atom is -0.300 e. The zero-order valence-electron chi connectivity index (χ0n) is 13.5. The molecule has 0 spiro atoms. The first-order chi connectivity index (χ1) is 8.20. The summed E-state index contributed by atoms with van der Waals surface area (Å²) in [6.07, 6.45) is 7.09. The summed E-state index contributed by atoms with van der Waals surface area (Å²) in [7, 11) is 0. The molecule has 0 aliphatic carbocycles. The summed E-state index contributed by atoms with van der Waals surface area (Å²) in [6, 6.07) is 0.819. The molecule has 0 N–H and O–H groups in total. The predicted molar refractivity (Wildman–Crippen MR) is 79.8 cm³/mol. The van der Waals surface area contributed by atoms with Crippen LogP contribution in [0.5, 0.6) is 0 Å². The fourth-order valence-corrected chi connectivity index (χ4v) is 5.42. The van der Waals surface area contributed by atoms with Crippen molar-refractivity contribution in [1.82, 2.24) is 4.90 Å². The van der Waals surface area contributed by atoms with Crippen molar-refractivity contribution in [3.05, 3.63) is 0 Å². The number of fused-ring (bicyclic) bond motifs is 1. The molecule has 18 heavy (non-hydrogen) atoms. The van der Waals surface area contributed by atoms with Crippen LogP contribution in [0.25, 0.3) is 0 Å². The topological polar surface area (TPSA) is 3.24 Å². The Morgan fingerprint density at radius 3 is 1.94 bits per heavy atom. The lowest BCUT2D eigenvalue weighted by molar-refractivity contribution is -0.145. The highest BCUT2D eigenvalue weighted by Crippen LogP contribution is 2.60. The Kier molecular flexibility index (Phi) is 3.60. The molecule has 0 aromatic heterocycles. The summed E-state index contributed by atoms with van der Waals surface area (Å²) in [6.45, 7) is 17.6. The van der Waals surface area contributed by atoms with E-state index in [1.807, 2.05) is 0 Å². The summed E-state index contributed by atoms with van der Waals surface area (Å²) in [5, 5.41) is 0. The van der Waals surface area contributed by atoms with Crippen molar-refractivity contribution in [3.63, 3.8) is 0 Å². The number of hydrogen-bond donors (Lipinski definition) is 0. The number of nitrogens with zero attached hydrogens (tertiary/aromatic N) is 1. The third-order valence-electron chi connectivity index (χ3n) is 5.88. The molecule has 2 heterocycles. The third-order valence-corrected chi connectivity index (χ3v) is 5.88. The third kappa shape index (κ3) is 2.03. The first-order valence-electron chi connectivity index (χ1n) is 7.94. The van der Waals surface area contributed by atoms with Crippen LogP contribution >= 0.6 is 0 Å². The van der Waals surface area contributed by atoms with Gasteiger partial charge in [0.2, 0.25) is 0 Å². The maximum Gasteiger partial charge on any atom is 0.0162 e. The van der Waals surface area contributed by atoms with Gasteiger partial charge in [-0.25, -0.2) is 0 Å². The normalized spacial score (nSPS) is 30.0. The van der Waals surface area contributed by atoms with E-state index in [9.17, 15) is 0 Å². The molecule has 2 saturated heterocycles. The van der Waals surface area contributed by atoms with Gasteiger partial charge < -0.3 is 0 Å². The van der Waals surface area contributed by atoms with Crippen LogP contribution in [0.15, 0.2) is 0 Å². The van der Waals surface area contributed by atoms with Crippen molar-refractivity contribution in [3.8, 4) is 0 Å². The Hall–Kier alpha value is -0.0400. The molecule has 0 saturated carbocycles. The second kappa shape index (κ2) is 4.51. The van der Waals surface area contributed by atoms with Crippen LogP contribution in [0.3, 0.4) is 0 Å². The maximum absolute atomic E-state index is 2.82. The molecule has 2 aliphatic rings. The van der Waals surface area contributed by atoms with E-state index >= 15 is 0 Å². The van der Waals surface area contributed by atoms with Gasteiger partial charge in [0, 0.05) is 6.04 Å². The lowest BCUT2D eigenvalue weighted by Crippen LogP contribution is -2.64. The van der Waals surface area contributed by atoms with Crippen LogP contribution in [0.1, 0.15) is 73.6 Å². The van der Waals surface area contributed by atoms with E-state index in [2.05, 4.69) is 46.4 Å². The average molecular weight is 251 g/mol. The van der Waals surface area contributed by atoms with Crippen molar-refractivity contribution in [2.45, 2.75) is 79.7 Å². The molecule has 0 aromatic carbocycles. The van der Waals surface area contributed by atoms with Crippen LogP contribution in [0.2, 0.25) is 0 Å². The van der Waals surface area contributed by atoms with Gasteiger partial charge in [0.15, 0.2) is 0 Å². The van der Waals surface area contributed by atoms with Crippen molar-refractivity contribution in [2.24, 2.45) is 16.2 Å². The van der Waals surface area contributed by atoms with E-state index in [1.54, 1.807) is 0 Å². The highest BCUT2D eigenvalue weighted by molar-refractivity contribution is 5.08. The lowest BCUT2D eigenvalue weighted by atomic mass is 9.47. The first-order valence-corrected chi connectivity index (χ1v) is 7.94. The summed E-state index contributed by atoms with van der Waals surface area (Å²) < 4.78 is 0. The van der Waals surface area contributed by atoms with E-state index in [0.717, 1.165) is 6.04 Å². The van der Waals surface area contributed by atoms with Gasteiger partial charge in [-0.1, -0.05) is 48.0 Å². The standard InChI is InChI=1S/C17H33N/c1-15(2,3)17(16(4,5)6)11-9-13-18-12-8-7-10-14(17)18/h14H,7-13H2,1-6H3. The van der Waals surface area contributed by atoms with E-state index in [1.165, 1.54) is 45.2 Å². The first kappa shape index (κ1) is 14.4. The van der Waals surface area contributed by atoms with Gasteiger partial charge in [-0.05, 0) is 55.0 Å². The van der Waals surface area contributed by atoms with Gasteiger partial charge in [0.25, 0.3) is 0 Å². The highest BCUT2D eigenvalue weighted by Gasteiger charge is 2.57. The minimum atomic E-state index is 0.395. The van der Waals surface area contributed by atoms with Crippen molar-refractivity contribution in [2.75, 3.05) is 13.1 Å². The summed E-state index contributed by atoms with van der Waals surface area (Å²) in [4.78, 5) is 2.82. The molecule has 0 bridgehead atoms. The highest BCUT2D eigenvalue weighted by atomic mass is 15.2. The Morgan fingerprint density at radius 1 is 0.833 bits per heavy atom. The Morgan fingerprint density at radius 2 is 1.39 bits per heavy atom. The fourth-order valence-electron chi connectivity index (χ4n) is 5.42. The van der Waals surface area contributed by atoms with Crippen molar-refractivity contribution < 1.29 is 0 Å². The van der Waals surface area contributed by atoms with Gasteiger partial charge >= 0.3 is 0 Å². The lowest BCUT2D eigenvalue weighted by Gasteiger charge is -2.64. The quantitative estimate of drug-likeness (QED) is 0.602. The predicted octanol–water partition coefficient (Wildman–Crippen LogP) is 4.71. The van der Waals surface area contributed by atoms with Crippen LogP contribution in [0.4, 0.5) is 0 Å².